The van der Waals surface area contributed by atoms with Crippen LogP contribution in [0, 0.1) is 0 Å². The summed E-state index contributed by atoms with van der Waals surface area (Å²) in [5, 5.41) is 7.32. The zero-order valence-corrected chi connectivity index (χ0v) is 20.2. The van der Waals surface area contributed by atoms with E-state index in [1.807, 2.05) is 0 Å². The van der Waals surface area contributed by atoms with Crippen LogP contribution in [0.4, 0.5) is 13.2 Å². The maximum Gasteiger partial charge on any atom is 0.573 e. The van der Waals surface area contributed by atoms with E-state index in [1.165, 1.54) is 35.1 Å². The van der Waals surface area contributed by atoms with Gasteiger partial charge in [-0.2, -0.15) is 5.10 Å². The Morgan fingerprint density at radius 3 is 2.68 bits per heavy atom. The van der Waals surface area contributed by atoms with Gasteiger partial charge in [-0.25, -0.2) is 4.98 Å². The number of fused-ring (bicyclic) bond motifs is 1. The van der Waals surface area contributed by atoms with E-state index in [-0.39, 0.29) is 17.1 Å². The van der Waals surface area contributed by atoms with Crippen molar-refractivity contribution in [3.63, 3.8) is 0 Å². The van der Waals surface area contributed by atoms with Gasteiger partial charge in [-0.15, -0.1) is 13.2 Å². The van der Waals surface area contributed by atoms with Gasteiger partial charge in [0.25, 0.3) is 11.8 Å². The molecule has 2 aromatic heterocycles. The van der Waals surface area contributed by atoms with Crippen molar-refractivity contribution in [2.24, 2.45) is 5.73 Å². The highest BCUT2D eigenvalue weighted by molar-refractivity contribution is 6.05. The molecule has 2 amide bonds. The summed E-state index contributed by atoms with van der Waals surface area (Å²) in [5.74, 6) is -1.92. The number of hydrogen-bond donors (Lipinski definition) is 2. The Morgan fingerprint density at radius 2 is 2.00 bits per heavy atom. The molecule has 12 heteroatoms. The minimum absolute atomic E-state index is 0.0143. The quantitative estimate of drug-likeness (QED) is 0.344. The van der Waals surface area contributed by atoms with Crippen molar-refractivity contribution >= 4 is 22.7 Å². The van der Waals surface area contributed by atoms with Crippen molar-refractivity contribution < 1.29 is 35.0 Å². The van der Waals surface area contributed by atoms with Crippen LogP contribution in [0.25, 0.3) is 22.0 Å². The van der Waals surface area contributed by atoms with E-state index in [1.54, 1.807) is 32.0 Å². The molecule has 0 fully saturated rings. The topological polar surface area (TPSA) is 121 Å². The third-order valence-electron chi connectivity index (χ3n) is 5.69. The standard InChI is InChI=1S/C26H24F3N5O4/c1-4-34-21-12-16(8-9-19(21)22(33-34)23(30)35)17-11-20(25(37-3)31-13-17)24(36)32-14(2)15-6-5-7-18(10-15)38-26(27,28)29/h5-14H,4H2,1-3H3,(H2,30,35)(H,32,36)/t14-/m1/s1/i3D,4D/t4?,14-. The summed E-state index contributed by atoms with van der Waals surface area (Å²) in [6, 6.07) is 11.0. The summed E-state index contributed by atoms with van der Waals surface area (Å²) in [6.07, 6.45) is -3.43. The van der Waals surface area contributed by atoms with Crippen LogP contribution >= 0.6 is 0 Å². The third-order valence-corrected chi connectivity index (χ3v) is 5.69. The lowest BCUT2D eigenvalue weighted by molar-refractivity contribution is -0.274. The van der Waals surface area contributed by atoms with Crippen LogP contribution in [0.5, 0.6) is 11.6 Å². The van der Waals surface area contributed by atoms with Gasteiger partial charge in [-0.1, -0.05) is 18.2 Å². The van der Waals surface area contributed by atoms with Crippen molar-refractivity contribution in [3.8, 4) is 22.8 Å². The molecule has 4 rings (SSSR count). The average Bonchev–Trinajstić information content (AvgIpc) is 3.28. The number of benzene rings is 2. The molecule has 0 aliphatic carbocycles. The molecule has 0 aliphatic rings. The first-order chi connectivity index (χ1) is 18.9. The number of alkyl halides is 3. The fourth-order valence-electron chi connectivity index (χ4n) is 3.92. The summed E-state index contributed by atoms with van der Waals surface area (Å²) in [4.78, 5) is 29.3. The second-order valence-corrected chi connectivity index (χ2v) is 8.18. The summed E-state index contributed by atoms with van der Waals surface area (Å²) in [7, 11) is -0.512. The van der Waals surface area contributed by atoms with Crippen molar-refractivity contribution in [3.05, 3.63) is 71.5 Å². The smallest absolute Gasteiger partial charge is 0.480 e. The van der Waals surface area contributed by atoms with E-state index in [0.717, 1.165) is 6.07 Å². The Labute approximate surface area is 218 Å². The van der Waals surface area contributed by atoms with Crippen LogP contribution in [0.2, 0.25) is 0 Å². The largest absolute Gasteiger partial charge is 0.573 e. The second kappa shape index (κ2) is 10.4. The lowest BCUT2D eigenvalue weighted by atomic mass is 10.0. The van der Waals surface area contributed by atoms with E-state index in [4.69, 9.17) is 13.2 Å². The van der Waals surface area contributed by atoms with Crippen LogP contribution < -0.4 is 20.5 Å². The van der Waals surface area contributed by atoms with Crippen LogP contribution in [-0.4, -0.2) is 40.0 Å². The number of amides is 2. The van der Waals surface area contributed by atoms with Gasteiger partial charge in [-0.05, 0) is 55.3 Å². The van der Waals surface area contributed by atoms with Gasteiger partial charge in [0, 0.05) is 23.7 Å². The highest BCUT2D eigenvalue weighted by Crippen LogP contribution is 2.30. The number of ether oxygens (including phenoxy) is 2. The first-order valence-corrected chi connectivity index (χ1v) is 11.2. The Morgan fingerprint density at radius 1 is 1.21 bits per heavy atom. The van der Waals surface area contributed by atoms with Gasteiger partial charge < -0.3 is 20.5 Å². The number of pyridine rings is 1. The number of hydrogen-bond acceptors (Lipinski definition) is 6. The number of nitrogens with one attached hydrogen (secondary N) is 1. The lowest BCUT2D eigenvalue weighted by Crippen LogP contribution is -2.27. The molecule has 1 unspecified atom stereocenters. The van der Waals surface area contributed by atoms with Gasteiger partial charge >= 0.3 is 6.36 Å². The third kappa shape index (κ3) is 5.53. The minimum Gasteiger partial charge on any atom is -0.480 e. The predicted octanol–water partition coefficient (Wildman–Crippen LogP) is 4.62. The molecule has 3 N–H and O–H groups in total. The molecule has 9 nitrogen and oxygen atoms in total. The van der Waals surface area contributed by atoms with Crippen molar-refractivity contribution in [1.29, 1.82) is 0 Å². The average molecular weight is 530 g/mol. The minimum atomic E-state index is -4.86. The van der Waals surface area contributed by atoms with Gasteiger partial charge in [-0.3, -0.25) is 14.3 Å². The number of carbonyl (C=O) groups is 2. The maximum absolute atomic E-state index is 13.3. The second-order valence-electron chi connectivity index (χ2n) is 8.18. The van der Waals surface area contributed by atoms with Crippen LogP contribution in [0.1, 0.15) is 49.0 Å². The molecule has 0 aliphatic heterocycles. The number of methoxy groups -OCH3 is 1. The zero-order valence-electron chi connectivity index (χ0n) is 22.2. The van der Waals surface area contributed by atoms with E-state index in [0.29, 0.717) is 27.6 Å². The molecule has 198 valence electrons. The molecular formula is C26H24F3N5O4. The van der Waals surface area contributed by atoms with Crippen LogP contribution in [0.3, 0.4) is 0 Å². The van der Waals surface area contributed by atoms with E-state index in [9.17, 15) is 22.8 Å². The summed E-state index contributed by atoms with van der Waals surface area (Å²) in [5.41, 5.74) is 7.34. The molecule has 0 saturated carbocycles. The lowest BCUT2D eigenvalue weighted by Gasteiger charge is -2.17. The molecule has 38 heavy (non-hydrogen) atoms. The van der Waals surface area contributed by atoms with Gasteiger partial charge in [0.05, 0.1) is 21.4 Å². The molecule has 2 atom stereocenters. The van der Waals surface area contributed by atoms with E-state index in [2.05, 4.69) is 20.1 Å². The fourth-order valence-corrected chi connectivity index (χ4v) is 3.92. The van der Waals surface area contributed by atoms with E-state index < -0.39 is 43.6 Å². The Bertz CT molecular complexity index is 1580. The van der Waals surface area contributed by atoms with E-state index >= 15 is 0 Å². The molecule has 2 aromatic carbocycles. The molecule has 0 radical (unpaired) electrons. The molecular weight excluding hydrogens is 503 g/mol. The molecule has 0 saturated heterocycles. The van der Waals surface area contributed by atoms with Crippen molar-refractivity contribution in [2.45, 2.75) is 32.8 Å². The number of aromatic nitrogens is 3. The number of rotatable bonds is 8. The fraction of sp³-hybridized carbons (Fsp3) is 0.231. The molecule has 2 heterocycles. The monoisotopic (exact) mass is 529 g/mol. The van der Waals surface area contributed by atoms with Gasteiger partial charge in [0.15, 0.2) is 5.69 Å². The van der Waals surface area contributed by atoms with Gasteiger partial charge in [0.1, 0.15) is 11.3 Å². The zero-order chi connectivity index (χ0) is 29.2. The maximum atomic E-state index is 13.3. The van der Waals surface area contributed by atoms with Crippen LogP contribution in [-0.2, 0) is 6.52 Å². The number of nitrogens with two attached hydrogens (primary N) is 1. The summed E-state index contributed by atoms with van der Waals surface area (Å²) in [6.45, 7) is 2.34. The molecule has 0 spiro atoms. The number of halogens is 3. The van der Waals surface area contributed by atoms with Crippen LogP contribution in [0.15, 0.2) is 54.7 Å². The highest BCUT2D eigenvalue weighted by Gasteiger charge is 2.31. The number of carbonyl (C=O) groups excluding carboxylic acids is 2. The Hall–Kier alpha value is -4.61. The highest BCUT2D eigenvalue weighted by atomic mass is 19.4. The van der Waals surface area contributed by atoms with Crippen molar-refractivity contribution in [2.75, 3.05) is 7.09 Å². The summed E-state index contributed by atoms with van der Waals surface area (Å²) >= 11 is 0. The molecule has 4 aromatic rings. The first kappa shape index (κ1) is 23.8. The van der Waals surface area contributed by atoms with Crippen molar-refractivity contribution in [1.82, 2.24) is 20.1 Å². The summed E-state index contributed by atoms with van der Waals surface area (Å²) < 4.78 is 63.9. The number of nitrogens with zero attached hydrogens (tertiary/aromatic N) is 3. The first-order valence-electron chi connectivity index (χ1n) is 12.5. The Kier molecular flexibility index (Phi) is 6.51. The predicted molar refractivity (Wildman–Crippen MR) is 133 cm³/mol. The SMILES string of the molecule is [2H]COc1ncc(-c2ccc3c(C(N)=O)nn(C([2H])C)c3c2)cc1C(=O)N[C@H](C)c1cccc(OC(F)(F)F)c1. The normalized spacial score (nSPS) is 13.8. The van der Waals surface area contributed by atoms with Gasteiger partial charge in [0.2, 0.25) is 5.88 Å². The Balaban J connectivity index is 1.68. The molecule has 0 bridgehead atoms. The number of aryl methyl sites for hydroxylation is 1. The number of primary amides is 1.